The number of rotatable bonds is 4. The summed E-state index contributed by atoms with van der Waals surface area (Å²) in [6, 6.07) is 17.5. The summed E-state index contributed by atoms with van der Waals surface area (Å²) in [5, 5.41) is 9.09. The lowest BCUT2D eigenvalue weighted by atomic mass is 10.1. The van der Waals surface area contributed by atoms with Crippen LogP contribution in [0.3, 0.4) is 0 Å². The van der Waals surface area contributed by atoms with E-state index in [0.29, 0.717) is 11.5 Å². The minimum Gasteiger partial charge on any atom is -0.497 e. The molecule has 0 saturated carbocycles. The average molecular weight is 279 g/mol. The number of nitrogens with zero attached hydrogens (tertiary/aromatic N) is 1. The van der Waals surface area contributed by atoms with Gasteiger partial charge in [-0.3, -0.25) is 0 Å². The van der Waals surface area contributed by atoms with Gasteiger partial charge in [0.15, 0.2) is 0 Å². The normalized spacial score (nSPS) is 10.6. The van der Waals surface area contributed by atoms with E-state index in [-0.39, 0.29) is 5.57 Å². The van der Waals surface area contributed by atoms with E-state index in [1.165, 1.54) is 6.08 Å². The van der Waals surface area contributed by atoms with Gasteiger partial charge in [-0.05, 0) is 35.9 Å². The summed E-state index contributed by atoms with van der Waals surface area (Å²) in [5.74, 6) is 0.426. The molecule has 4 heteroatoms. The SMILES string of the molecule is COc1ccc(/C=C(\C#N)C(=O)Oc2ccccc2)cc1. The topological polar surface area (TPSA) is 59.3 Å². The van der Waals surface area contributed by atoms with Crippen LogP contribution in [0.1, 0.15) is 5.56 Å². The number of para-hydroxylation sites is 1. The molecule has 4 nitrogen and oxygen atoms in total. The van der Waals surface area contributed by atoms with Gasteiger partial charge in [0.25, 0.3) is 0 Å². The molecule has 0 unspecified atom stereocenters. The van der Waals surface area contributed by atoms with Crippen LogP contribution in [0, 0.1) is 11.3 Å². The third-order valence-corrected chi connectivity index (χ3v) is 2.72. The van der Waals surface area contributed by atoms with Crippen molar-refractivity contribution in [1.29, 1.82) is 5.26 Å². The molecule has 0 aliphatic heterocycles. The highest BCUT2D eigenvalue weighted by Crippen LogP contribution is 2.16. The number of benzene rings is 2. The zero-order valence-electron chi connectivity index (χ0n) is 11.4. The van der Waals surface area contributed by atoms with Gasteiger partial charge in [0.2, 0.25) is 0 Å². The minimum absolute atomic E-state index is 0.0657. The molecule has 104 valence electrons. The number of nitriles is 1. The van der Waals surface area contributed by atoms with Crippen LogP contribution in [-0.4, -0.2) is 13.1 Å². The third-order valence-electron chi connectivity index (χ3n) is 2.72. The monoisotopic (exact) mass is 279 g/mol. The van der Waals surface area contributed by atoms with Gasteiger partial charge in [-0.25, -0.2) is 4.79 Å². The highest BCUT2D eigenvalue weighted by molar-refractivity contribution is 5.99. The second kappa shape index (κ2) is 6.92. The number of carbonyl (C=O) groups excluding carboxylic acids is 1. The van der Waals surface area contributed by atoms with E-state index in [1.807, 2.05) is 12.1 Å². The molecule has 0 amide bonds. The molecule has 0 aliphatic rings. The lowest BCUT2D eigenvalue weighted by molar-refractivity contribution is -0.129. The van der Waals surface area contributed by atoms with Crippen LogP contribution >= 0.6 is 0 Å². The maximum atomic E-state index is 11.9. The first kappa shape index (κ1) is 14.4. The van der Waals surface area contributed by atoms with E-state index in [0.717, 1.165) is 5.56 Å². The summed E-state index contributed by atoms with van der Waals surface area (Å²) >= 11 is 0. The summed E-state index contributed by atoms with van der Waals surface area (Å²) in [6.07, 6.45) is 1.48. The van der Waals surface area contributed by atoms with Crippen LogP contribution in [-0.2, 0) is 4.79 Å². The number of hydrogen-bond acceptors (Lipinski definition) is 4. The van der Waals surface area contributed by atoms with Crippen LogP contribution in [0.15, 0.2) is 60.2 Å². The Kier molecular flexibility index (Phi) is 4.73. The van der Waals surface area contributed by atoms with Crippen LogP contribution in [0.25, 0.3) is 6.08 Å². The van der Waals surface area contributed by atoms with Crippen molar-refractivity contribution in [3.8, 4) is 17.6 Å². The van der Waals surface area contributed by atoms with Gasteiger partial charge in [0.1, 0.15) is 23.1 Å². The first-order chi connectivity index (χ1) is 10.2. The van der Waals surface area contributed by atoms with E-state index in [4.69, 9.17) is 14.7 Å². The fraction of sp³-hybridized carbons (Fsp3) is 0.0588. The highest BCUT2D eigenvalue weighted by atomic mass is 16.5. The van der Waals surface area contributed by atoms with Crippen molar-refractivity contribution < 1.29 is 14.3 Å². The van der Waals surface area contributed by atoms with E-state index in [2.05, 4.69) is 0 Å². The Morgan fingerprint density at radius 3 is 2.29 bits per heavy atom. The number of methoxy groups -OCH3 is 1. The maximum absolute atomic E-state index is 11.9. The van der Waals surface area contributed by atoms with E-state index in [9.17, 15) is 4.79 Å². The lowest BCUT2D eigenvalue weighted by Gasteiger charge is -2.03. The van der Waals surface area contributed by atoms with Crippen molar-refractivity contribution in [3.63, 3.8) is 0 Å². The molecule has 0 saturated heterocycles. The Hall–Kier alpha value is -3.06. The quantitative estimate of drug-likeness (QED) is 0.373. The van der Waals surface area contributed by atoms with Crippen molar-refractivity contribution >= 4 is 12.0 Å². The van der Waals surface area contributed by atoms with Crippen molar-refractivity contribution in [2.24, 2.45) is 0 Å². The van der Waals surface area contributed by atoms with Gasteiger partial charge in [0, 0.05) is 0 Å². The fourth-order valence-electron chi connectivity index (χ4n) is 1.65. The van der Waals surface area contributed by atoms with Crippen LogP contribution < -0.4 is 9.47 Å². The van der Waals surface area contributed by atoms with Gasteiger partial charge >= 0.3 is 5.97 Å². The van der Waals surface area contributed by atoms with Crippen LogP contribution in [0.5, 0.6) is 11.5 Å². The molecule has 2 aromatic rings. The summed E-state index contributed by atoms with van der Waals surface area (Å²) in [6.45, 7) is 0. The number of ether oxygens (including phenoxy) is 2. The van der Waals surface area contributed by atoms with Crippen molar-refractivity contribution in [2.75, 3.05) is 7.11 Å². The zero-order valence-corrected chi connectivity index (χ0v) is 11.4. The lowest BCUT2D eigenvalue weighted by Crippen LogP contribution is -2.09. The largest absolute Gasteiger partial charge is 0.497 e. The molecule has 0 bridgehead atoms. The van der Waals surface area contributed by atoms with Crippen LogP contribution in [0.2, 0.25) is 0 Å². The van der Waals surface area contributed by atoms with E-state index < -0.39 is 5.97 Å². The molecule has 0 heterocycles. The Labute approximate surface area is 122 Å². The van der Waals surface area contributed by atoms with E-state index >= 15 is 0 Å². The maximum Gasteiger partial charge on any atom is 0.354 e. The third kappa shape index (κ3) is 3.95. The first-order valence-corrected chi connectivity index (χ1v) is 6.26. The number of carbonyl (C=O) groups is 1. The second-order valence-corrected chi connectivity index (χ2v) is 4.15. The summed E-state index contributed by atoms with van der Waals surface area (Å²) in [5.41, 5.74) is 0.654. The fourth-order valence-corrected chi connectivity index (χ4v) is 1.65. The molecule has 21 heavy (non-hydrogen) atoms. The predicted molar refractivity (Wildman–Crippen MR) is 78.7 cm³/mol. The minimum atomic E-state index is -0.681. The van der Waals surface area contributed by atoms with E-state index in [1.54, 1.807) is 55.6 Å². The Bertz CT molecular complexity index is 682. The Morgan fingerprint density at radius 2 is 1.71 bits per heavy atom. The standard InChI is InChI=1S/C17H13NO3/c1-20-15-9-7-13(8-10-15)11-14(12-18)17(19)21-16-5-3-2-4-6-16/h2-11H,1H3/b14-11+. The molecule has 0 radical (unpaired) electrons. The van der Waals surface area contributed by atoms with Crippen molar-refractivity contribution in [2.45, 2.75) is 0 Å². The molecule has 0 fully saturated rings. The molecule has 0 aliphatic carbocycles. The molecule has 0 N–H and O–H groups in total. The summed E-state index contributed by atoms with van der Waals surface area (Å²) < 4.78 is 10.2. The van der Waals surface area contributed by atoms with Crippen LogP contribution in [0.4, 0.5) is 0 Å². The Morgan fingerprint density at radius 1 is 1.05 bits per heavy atom. The molecule has 2 rings (SSSR count). The van der Waals surface area contributed by atoms with Crippen molar-refractivity contribution in [3.05, 3.63) is 65.7 Å². The summed E-state index contributed by atoms with van der Waals surface area (Å²) in [7, 11) is 1.57. The smallest absolute Gasteiger partial charge is 0.354 e. The summed E-state index contributed by atoms with van der Waals surface area (Å²) in [4.78, 5) is 11.9. The van der Waals surface area contributed by atoms with Gasteiger partial charge in [0.05, 0.1) is 7.11 Å². The Balaban J connectivity index is 2.16. The second-order valence-electron chi connectivity index (χ2n) is 4.15. The average Bonchev–Trinajstić information content (AvgIpc) is 2.54. The van der Waals surface area contributed by atoms with Gasteiger partial charge in [-0.1, -0.05) is 30.3 Å². The number of hydrogen-bond donors (Lipinski definition) is 0. The first-order valence-electron chi connectivity index (χ1n) is 6.26. The zero-order chi connectivity index (χ0) is 15.1. The van der Waals surface area contributed by atoms with Gasteiger partial charge in [-0.15, -0.1) is 0 Å². The van der Waals surface area contributed by atoms with Gasteiger partial charge in [-0.2, -0.15) is 5.26 Å². The molecule has 2 aromatic carbocycles. The molecule has 0 aromatic heterocycles. The van der Waals surface area contributed by atoms with Gasteiger partial charge < -0.3 is 9.47 Å². The number of esters is 1. The predicted octanol–water partition coefficient (Wildman–Crippen LogP) is 3.21. The highest BCUT2D eigenvalue weighted by Gasteiger charge is 2.11. The molecule has 0 atom stereocenters. The molecule has 0 spiro atoms. The van der Waals surface area contributed by atoms with Crippen molar-refractivity contribution in [1.82, 2.24) is 0 Å². The molecular formula is C17H13NO3. The molecular weight excluding hydrogens is 266 g/mol.